The smallest absolute Gasteiger partial charge is 0.368 e. The Morgan fingerprint density at radius 3 is 2.12 bits per heavy atom. The van der Waals surface area contributed by atoms with Gasteiger partial charge >= 0.3 is 5.97 Å². The normalized spacial score (nSPS) is 13.3. The zero-order valence-electron chi connectivity index (χ0n) is 22.1. The molecule has 0 radical (unpaired) electrons. The van der Waals surface area contributed by atoms with Crippen molar-refractivity contribution in [2.24, 2.45) is 0 Å². The Morgan fingerprint density at radius 1 is 0.824 bits per heavy atom. The van der Waals surface area contributed by atoms with Crippen molar-refractivity contribution in [3.63, 3.8) is 0 Å². The van der Waals surface area contributed by atoms with E-state index in [0.717, 1.165) is 31.6 Å². The van der Waals surface area contributed by atoms with Gasteiger partial charge in [0.25, 0.3) is 0 Å². The average Bonchev–Trinajstić information content (AvgIpc) is 2.81. The number of quaternary nitrogens is 1. The van der Waals surface area contributed by atoms with Crippen molar-refractivity contribution >= 4 is 5.97 Å². The number of ether oxygens (including phenoxy) is 2. The number of benzene rings is 2. The van der Waals surface area contributed by atoms with E-state index in [-0.39, 0.29) is 12.0 Å². The summed E-state index contributed by atoms with van der Waals surface area (Å²) < 4.78 is 12.2. The molecule has 4 nitrogen and oxygen atoms in total. The van der Waals surface area contributed by atoms with Crippen LogP contribution in [0.15, 0.2) is 54.6 Å². The van der Waals surface area contributed by atoms with Crippen LogP contribution in [-0.2, 0) is 22.5 Å². The second-order valence-electron chi connectivity index (χ2n) is 10.0. The number of likely N-dealkylation sites (N-methyl/N-ethyl adjacent to an activating group) is 1. The Bertz CT molecular complexity index is 817. The Balaban J connectivity index is 1.85. The SMILES string of the molecule is CCCCCCCCc1ccc(OC(C)OC(=O)C(CCC)[N+](C)(C)Cc2ccccc2)cc1. The van der Waals surface area contributed by atoms with E-state index in [2.05, 4.69) is 52.2 Å². The lowest BCUT2D eigenvalue weighted by Gasteiger charge is -2.37. The van der Waals surface area contributed by atoms with Crippen molar-refractivity contribution in [3.8, 4) is 5.75 Å². The molecule has 2 aromatic carbocycles. The molecule has 0 aliphatic rings. The van der Waals surface area contributed by atoms with E-state index in [9.17, 15) is 4.79 Å². The molecule has 0 heterocycles. The van der Waals surface area contributed by atoms with Gasteiger partial charge in [-0.25, -0.2) is 4.79 Å². The molecule has 0 bridgehead atoms. The molecule has 0 spiro atoms. The fourth-order valence-corrected chi connectivity index (χ4v) is 4.49. The van der Waals surface area contributed by atoms with Gasteiger partial charge in [0.15, 0.2) is 6.04 Å². The number of hydrogen-bond donors (Lipinski definition) is 0. The van der Waals surface area contributed by atoms with Crippen LogP contribution in [0.25, 0.3) is 0 Å². The van der Waals surface area contributed by atoms with Gasteiger partial charge in [-0.2, -0.15) is 0 Å². The molecule has 2 rings (SSSR count). The summed E-state index contributed by atoms with van der Waals surface area (Å²) in [5.41, 5.74) is 2.54. The zero-order chi connectivity index (χ0) is 24.8. The van der Waals surface area contributed by atoms with E-state index in [1.54, 1.807) is 6.92 Å². The average molecular weight is 469 g/mol. The van der Waals surface area contributed by atoms with Crippen molar-refractivity contribution in [1.29, 1.82) is 0 Å². The van der Waals surface area contributed by atoms with Gasteiger partial charge in [-0.05, 0) is 37.0 Å². The topological polar surface area (TPSA) is 35.5 Å². The summed E-state index contributed by atoms with van der Waals surface area (Å²) in [5.74, 6) is 0.534. The van der Waals surface area contributed by atoms with Crippen LogP contribution in [0.2, 0.25) is 0 Å². The number of esters is 1. The molecule has 0 aliphatic carbocycles. The van der Waals surface area contributed by atoms with Gasteiger partial charge < -0.3 is 14.0 Å². The standard InChI is InChI=1S/C30H46NO3/c1-6-8-9-10-11-13-17-26-20-22-28(23-21-26)33-25(3)34-30(32)29(16-7-2)31(4,5)24-27-18-14-12-15-19-27/h12,14-15,18-23,25,29H,6-11,13,16-17,24H2,1-5H3/q+1. The van der Waals surface area contributed by atoms with Crippen molar-refractivity contribution < 1.29 is 18.8 Å². The summed E-state index contributed by atoms with van der Waals surface area (Å²) in [6, 6.07) is 18.3. The van der Waals surface area contributed by atoms with Gasteiger partial charge in [-0.1, -0.05) is 88.4 Å². The van der Waals surface area contributed by atoms with Crippen molar-refractivity contribution in [1.82, 2.24) is 0 Å². The fraction of sp³-hybridized carbons (Fsp3) is 0.567. The lowest BCUT2D eigenvalue weighted by atomic mass is 10.0. The number of carbonyl (C=O) groups excluding carboxylic acids is 1. The number of nitrogens with zero attached hydrogens (tertiary/aromatic N) is 1. The zero-order valence-corrected chi connectivity index (χ0v) is 22.1. The molecule has 34 heavy (non-hydrogen) atoms. The minimum absolute atomic E-state index is 0.199. The predicted octanol–water partition coefficient (Wildman–Crippen LogP) is 7.30. The molecule has 0 saturated carbocycles. The number of unbranched alkanes of at least 4 members (excludes halogenated alkanes) is 5. The molecule has 0 N–H and O–H groups in total. The summed E-state index contributed by atoms with van der Waals surface area (Å²) in [4.78, 5) is 13.1. The summed E-state index contributed by atoms with van der Waals surface area (Å²) in [6.45, 7) is 6.93. The van der Waals surface area contributed by atoms with Gasteiger partial charge in [-0.15, -0.1) is 0 Å². The molecule has 188 valence electrons. The van der Waals surface area contributed by atoms with Gasteiger partial charge in [-0.3, -0.25) is 0 Å². The first-order valence-electron chi connectivity index (χ1n) is 13.2. The highest BCUT2D eigenvalue weighted by atomic mass is 16.7. The van der Waals surface area contributed by atoms with E-state index in [1.807, 2.05) is 30.3 Å². The maximum atomic E-state index is 13.1. The lowest BCUT2D eigenvalue weighted by Crippen LogP contribution is -2.53. The van der Waals surface area contributed by atoms with E-state index in [4.69, 9.17) is 9.47 Å². The summed E-state index contributed by atoms with van der Waals surface area (Å²) in [5, 5.41) is 0. The molecule has 0 amide bonds. The van der Waals surface area contributed by atoms with Crippen LogP contribution in [0.1, 0.15) is 83.3 Å². The largest absolute Gasteiger partial charge is 0.455 e. The summed E-state index contributed by atoms with van der Waals surface area (Å²) in [7, 11) is 4.20. The molecule has 0 saturated heterocycles. The molecule has 2 unspecified atom stereocenters. The second kappa shape index (κ2) is 14.8. The molecule has 0 fully saturated rings. The van der Waals surface area contributed by atoms with E-state index in [1.165, 1.54) is 49.7 Å². The molecular weight excluding hydrogens is 422 g/mol. The monoisotopic (exact) mass is 468 g/mol. The van der Waals surface area contributed by atoms with Crippen LogP contribution in [-0.4, -0.2) is 36.9 Å². The van der Waals surface area contributed by atoms with Crippen LogP contribution in [0, 0.1) is 0 Å². The van der Waals surface area contributed by atoms with Crippen LogP contribution in [0.4, 0.5) is 0 Å². The Labute approximate surface area is 207 Å². The number of hydrogen-bond acceptors (Lipinski definition) is 3. The predicted molar refractivity (Wildman–Crippen MR) is 141 cm³/mol. The van der Waals surface area contributed by atoms with Gasteiger partial charge in [0.2, 0.25) is 6.29 Å². The third-order valence-corrected chi connectivity index (χ3v) is 6.44. The quantitative estimate of drug-likeness (QED) is 0.112. The molecule has 4 heteroatoms. The van der Waals surface area contributed by atoms with Crippen LogP contribution in [0.5, 0.6) is 5.75 Å². The number of rotatable bonds is 16. The Hall–Kier alpha value is -2.33. The highest BCUT2D eigenvalue weighted by Crippen LogP contribution is 2.21. The van der Waals surface area contributed by atoms with Crippen LogP contribution < -0.4 is 4.74 Å². The third-order valence-electron chi connectivity index (χ3n) is 6.44. The Morgan fingerprint density at radius 2 is 1.47 bits per heavy atom. The number of aryl methyl sites for hydroxylation is 1. The van der Waals surface area contributed by atoms with Gasteiger partial charge in [0.1, 0.15) is 12.3 Å². The molecule has 2 atom stereocenters. The number of carbonyl (C=O) groups is 1. The molecule has 0 aromatic heterocycles. The van der Waals surface area contributed by atoms with Crippen molar-refractivity contribution in [2.45, 2.75) is 97.4 Å². The Kier molecular flexibility index (Phi) is 12.2. The minimum Gasteiger partial charge on any atom is -0.455 e. The van der Waals surface area contributed by atoms with Crippen LogP contribution in [0.3, 0.4) is 0 Å². The van der Waals surface area contributed by atoms with Crippen molar-refractivity contribution in [3.05, 3.63) is 65.7 Å². The minimum atomic E-state index is -0.631. The maximum Gasteiger partial charge on any atom is 0.368 e. The lowest BCUT2D eigenvalue weighted by molar-refractivity contribution is -0.920. The maximum absolute atomic E-state index is 13.1. The first-order chi connectivity index (χ1) is 16.4. The highest BCUT2D eigenvalue weighted by Gasteiger charge is 2.36. The van der Waals surface area contributed by atoms with E-state index < -0.39 is 6.29 Å². The second-order valence-corrected chi connectivity index (χ2v) is 10.0. The third kappa shape index (κ3) is 9.89. The molecular formula is C30H46NO3+. The fourth-order valence-electron chi connectivity index (χ4n) is 4.49. The van der Waals surface area contributed by atoms with E-state index in [0.29, 0.717) is 4.48 Å². The highest BCUT2D eigenvalue weighted by molar-refractivity contribution is 5.74. The van der Waals surface area contributed by atoms with Gasteiger partial charge in [0.05, 0.1) is 14.1 Å². The van der Waals surface area contributed by atoms with Crippen LogP contribution >= 0.6 is 0 Å². The first-order valence-corrected chi connectivity index (χ1v) is 13.2. The molecule has 0 aliphatic heterocycles. The summed E-state index contributed by atoms with van der Waals surface area (Å²) >= 11 is 0. The first kappa shape index (κ1) is 27.9. The van der Waals surface area contributed by atoms with Crippen molar-refractivity contribution in [2.75, 3.05) is 14.1 Å². The van der Waals surface area contributed by atoms with E-state index >= 15 is 0 Å². The van der Waals surface area contributed by atoms with Gasteiger partial charge in [0, 0.05) is 18.9 Å². The molecule has 2 aromatic rings. The summed E-state index contributed by atoms with van der Waals surface area (Å²) in [6.07, 6.45) is 10.0.